The molecule has 2 amide bonds. The molecule has 0 saturated heterocycles. The summed E-state index contributed by atoms with van der Waals surface area (Å²) >= 11 is 0. The van der Waals surface area contributed by atoms with Crippen molar-refractivity contribution in [1.82, 2.24) is 0 Å². The van der Waals surface area contributed by atoms with E-state index in [-0.39, 0.29) is 11.8 Å². The molecule has 0 saturated carbocycles. The van der Waals surface area contributed by atoms with Gasteiger partial charge in [0.1, 0.15) is 0 Å². The summed E-state index contributed by atoms with van der Waals surface area (Å²) in [5.41, 5.74) is 3.49. The number of hydrogen-bond donors (Lipinski definition) is 1. The second kappa shape index (κ2) is 7.51. The lowest BCUT2D eigenvalue weighted by molar-refractivity contribution is -0.116. The predicted octanol–water partition coefficient (Wildman–Crippen LogP) is 4.26. The molecule has 2 aromatic carbocycles. The minimum atomic E-state index is 0.00620. The molecule has 3 rings (SSSR count). The lowest BCUT2D eigenvalue weighted by Gasteiger charge is -2.30. The van der Waals surface area contributed by atoms with Gasteiger partial charge in [-0.25, -0.2) is 0 Å². The highest BCUT2D eigenvalue weighted by atomic mass is 16.2. The molecule has 0 spiro atoms. The SMILES string of the molecule is CC(C)CC(=O)Nc1ccc2c(c1)N(C(=O)c1ccccc1)CCC2. The van der Waals surface area contributed by atoms with Gasteiger partial charge in [-0.1, -0.05) is 38.1 Å². The summed E-state index contributed by atoms with van der Waals surface area (Å²) < 4.78 is 0. The Morgan fingerprint density at radius 1 is 1.12 bits per heavy atom. The fraction of sp³-hybridized carbons (Fsp3) is 0.333. The van der Waals surface area contributed by atoms with Gasteiger partial charge in [0.25, 0.3) is 5.91 Å². The van der Waals surface area contributed by atoms with E-state index in [2.05, 4.69) is 5.32 Å². The monoisotopic (exact) mass is 336 g/mol. The average Bonchev–Trinajstić information content (AvgIpc) is 2.60. The summed E-state index contributed by atoms with van der Waals surface area (Å²) in [5.74, 6) is 0.327. The first-order chi connectivity index (χ1) is 12.0. The standard InChI is InChI=1S/C21H24N2O2/c1-15(2)13-20(24)22-18-11-10-16-9-6-12-23(19(16)14-18)21(25)17-7-4-3-5-8-17/h3-5,7-8,10-11,14-15H,6,9,12-13H2,1-2H3,(H,22,24). The molecule has 0 bridgehead atoms. The highest BCUT2D eigenvalue weighted by molar-refractivity contribution is 6.07. The number of carbonyl (C=O) groups is 2. The zero-order valence-corrected chi connectivity index (χ0v) is 14.8. The van der Waals surface area contributed by atoms with E-state index in [1.54, 1.807) is 0 Å². The number of amides is 2. The first-order valence-electron chi connectivity index (χ1n) is 8.84. The Kier molecular flexibility index (Phi) is 5.17. The van der Waals surface area contributed by atoms with Crippen LogP contribution < -0.4 is 10.2 Å². The maximum absolute atomic E-state index is 12.9. The molecule has 2 aromatic rings. The van der Waals surface area contributed by atoms with Gasteiger partial charge < -0.3 is 10.2 Å². The van der Waals surface area contributed by atoms with E-state index >= 15 is 0 Å². The van der Waals surface area contributed by atoms with Crippen LogP contribution in [0.2, 0.25) is 0 Å². The third-order valence-corrected chi connectivity index (χ3v) is 4.35. The maximum atomic E-state index is 12.9. The van der Waals surface area contributed by atoms with Gasteiger partial charge in [0.2, 0.25) is 5.91 Å². The second-order valence-electron chi connectivity index (χ2n) is 6.92. The molecular weight excluding hydrogens is 312 g/mol. The highest BCUT2D eigenvalue weighted by Crippen LogP contribution is 2.31. The Labute approximate surface area is 148 Å². The summed E-state index contributed by atoms with van der Waals surface area (Å²) in [5, 5.41) is 2.95. The third-order valence-electron chi connectivity index (χ3n) is 4.35. The lowest BCUT2D eigenvalue weighted by atomic mass is 10.00. The molecule has 1 aliphatic rings. The maximum Gasteiger partial charge on any atom is 0.258 e. The van der Waals surface area contributed by atoms with Gasteiger partial charge in [-0.2, -0.15) is 0 Å². The molecule has 0 fully saturated rings. The number of hydrogen-bond acceptors (Lipinski definition) is 2. The van der Waals surface area contributed by atoms with E-state index < -0.39 is 0 Å². The molecule has 0 radical (unpaired) electrons. The van der Waals surface area contributed by atoms with Crippen molar-refractivity contribution in [2.75, 3.05) is 16.8 Å². The second-order valence-corrected chi connectivity index (χ2v) is 6.92. The molecule has 1 heterocycles. The Morgan fingerprint density at radius 3 is 2.60 bits per heavy atom. The Hall–Kier alpha value is -2.62. The van der Waals surface area contributed by atoms with Gasteiger partial charge in [-0.05, 0) is 48.6 Å². The summed E-state index contributed by atoms with van der Waals surface area (Å²) in [6.45, 7) is 4.74. The first-order valence-corrected chi connectivity index (χ1v) is 8.84. The van der Waals surface area contributed by atoms with Gasteiger partial charge in [0, 0.05) is 29.9 Å². The fourth-order valence-electron chi connectivity index (χ4n) is 3.18. The predicted molar refractivity (Wildman–Crippen MR) is 101 cm³/mol. The van der Waals surface area contributed by atoms with Crippen LogP contribution in [0, 0.1) is 5.92 Å². The number of rotatable bonds is 4. The largest absolute Gasteiger partial charge is 0.326 e. The number of aryl methyl sites for hydroxylation is 1. The number of carbonyl (C=O) groups excluding carboxylic acids is 2. The highest BCUT2D eigenvalue weighted by Gasteiger charge is 2.24. The van der Waals surface area contributed by atoms with Gasteiger partial charge in [0.15, 0.2) is 0 Å². The van der Waals surface area contributed by atoms with Crippen LogP contribution in [-0.4, -0.2) is 18.4 Å². The molecule has 130 valence electrons. The third kappa shape index (κ3) is 4.08. The van der Waals surface area contributed by atoms with Crippen molar-refractivity contribution >= 4 is 23.2 Å². The van der Waals surface area contributed by atoms with Crippen molar-refractivity contribution in [3.05, 3.63) is 59.7 Å². The van der Waals surface area contributed by atoms with E-state index in [9.17, 15) is 9.59 Å². The molecule has 1 N–H and O–H groups in total. The molecule has 25 heavy (non-hydrogen) atoms. The number of nitrogens with one attached hydrogen (secondary N) is 1. The zero-order chi connectivity index (χ0) is 17.8. The van der Waals surface area contributed by atoms with Crippen LogP contribution in [0.5, 0.6) is 0 Å². The van der Waals surface area contributed by atoms with Crippen LogP contribution in [-0.2, 0) is 11.2 Å². The minimum absolute atomic E-state index is 0.00620. The first kappa shape index (κ1) is 17.2. The summed E-state index contributed by atoms with van der Waals surface area (Å²) in [4.78, 5) is 26.7. The molecule has 0 aromatic heterocycles. The number of benzene rings is 2. The van der Waals surface area contributed by atoms with Gasteiger partial charge >= 0.3 is 0 Å². The number of fused-ring (bicyclic) bond motifs is 1. The minimum Gasteiger partial charge on any atom is -0.326 e. The van der Waals surface area contributed by atoms with Crippen LogP contribution in [0.25, 0.3) is 0 Å². The quantitative estimate of drug-likeness (QED) is 0.907. The smallest absolute Gasteiger partial charge is 0.258 e. The zero-order valence-electron chi connectivity index (χ0n) is 14.8. The van der Waals surface area contributed by atoms with Gasteiger partial charge in [0.05, 0.1) is 0 Å². The van der Waals surface area contributed by atoms with Gasteiger partial charge in [-0.3, -0.25) is 9.59 Å². The van der Waals surface area contributed by atoms with Crippen molar-refractivity contribution in [3.8, 4) is 0 Å². The topological polar surface area (TPSA) is 49.4 Å². The van der Waals surface area contributed by atoms with Crippen LogP contribution in [0.3, 0.4) is 0 Å². The van der Waals surface area contributed by atoms with Gasteiger partial charge in [-0.15, -0.1) is 0 Å². The lowest BCUT2D eigenvalue weighted by Crippen LogP contribution is -2.35. The Morgan fingerprint density at radius 2 is 1.88 bits per heavy atom. The molecular formula is C21H24N2O2. The van der Waals surface area contributed by atoms with E-state index in [0.717, 1.165) is 29.8 Å². The summed E-state index contributed by atoms with van der Waals surface area (Å²) in [6.07, 6.45) is 2.39. The molecule has 0 unspecified atom stereocenters. The average molecular weight is 336 g/mol. The van der Waals surface area contributed by atoms with Crippen LogP contribution in [0.15, 0.2) is 48.5 Å². The molecule has 0 aliphatic carbocycles. The van der Waals surface area contributed by atoms with Crippen molar-refractivity contribution in [3.63, 3.8) is 0 Å². The molecule has 4 heteroatoms. The summed E-state index contributed by atoms with van der Waals surface area (Å²) in [7, 11) is 0. The van der Waals surface area contributed by atoms with E-state index in [1.807, 2.05) is 67.3 Å². The normalized spacial score (nSPS) is 13.5. The van der Waals surface area contributed by atoms with Crippen LogP contribution >= 0.6 is 0 Å². The van der Waals surface area contributed by atoms with Crippen LogP contribution in [0.1, 0.15) is 42.6 Å². The van der Waals surface area contributed by atoms with E-state index in [4.69, 9.17) is 0 Å². The van der Waals surface area contributed by atoms with E-state index in [1.165, 1.54) is 0 Å². The van der Waals surface area contributed by atoms with E-state index in [0.29, 0.717) is 24.4 Å². The number of nitrogens with zero attached hydrogens (tertiary/aromatic N) is 1. The summed E-state index contributed by atoms with van der Waals surface area (Å²) in [6, 6.07) is 15.2. The molecule has 0 atom stereocenters. The van der Waals surface area contributed by atoms with Crippen molar-refractivity contribution < 1.29 is 9.59 Å². The van der Waals surface area contributed by atoms with Crippen molar-refractivity contribution in [1.29, 1.82) is 0 Å². The molecule has 4 nitrogen and oxygen atoms in total. The number of anilines is 2. The Bertz CT molecular complexity index is 769. The van der Waals surface area contributed by atoms with Crippen LogP contribution in [0.4, 0.5) is 11.4 Å². The van der Waals surface area contributed by atoms with Crippen molar-refractivity contribution in [2.24, 2.45) is 5.92 Å². The van der Waals surface area contributed by atoms with Crippen molar-refractivity contribution in [2.45, 2.75) is 33.1 Å². The fourth-order valence-corrected chi connectivity index (χ4v) is 3.18. The molecule has 1 aliphatic heterocycles. The Balaban J connectivity index is 1.85.